The summed E-state index contributed by atoms with van der Waals surface area (Å²) < 4.78 is 4.30. The van der Waals surface area contributed by atoms with Gasteiger partial charge in [0, 0.05) is 21.5 Å². The number of aromatic nitrogens is 2. The summed E-state index contributed by atoms with van der Waals surface area (Å²) in [6.45, 7) is 0. The van der Waals surface area contributed by atoms with E-state index in [0.717, 1.165) is 65.5 Å². The van der Waals surface area contributed by atoms with Gasteiger partial charge in [-0.25, -0.2) is 0 Å². The molecule has 0 aliphatic rings. The number of para-hydroxylation sites is 2. The van der Waals surface area contributed by atoms with Gasteiger partial charge >= 0.3 is 0 Å². The number of hydrogen-bond donors (Lipinski definition) is 0. The molecule has 0 unspecified atom stereocenters. The first-order valence-corrected chi connectivity index (χ1v) is 15.2. The van der Waals surface area contributed by atoms with Crippen molar-refractivity contribution in [3.63, 3.8) is 0 Å². The van der Waals surface area contributed by atoms with Gasteiger partial charge in [-0.1, -0.05) is 103 Å². The van der Waals surface area contributed by atoms with Crippen molar-refractivity contribution in [2.75, 3.05) is 0 Å². The number of fused-ring (bicyclic) bond motifs is 8. The van der Waals surface area contributed by atoms with Crippen LogP contribution in [-0.4, -0.2) is 9.13 Å². The van der Waals surface area contributed by atoms with Crippen molar-refractivity contribution in [3.8, 4) is 34.6 Å². The van der Waals surface area contributed by atoms with E-state index in [2.05, 4.69) is 124 Å². The Labute approximate surface area is 264 Å². The number of benzene rings is 7. The van der Waals surface area contributed by atoms with Crippen LogP contribution >= 0.6 is 0 Å². The van der Waals surface area contributed by atoms with Crippen LogP contribution in [0.3, 0.4) is 0 Å². The van der Waals surface area contributed by atoms with Crippen LogP contribution in [0, 0.1) is 22.7 Å². The van der Waals surface area contributed by atoms with Gasteiger partial charge in [-0.3, -0.25) is 0 Å². The lowest BCUT2D eigenvalue weighted by Crippen LogP contribution is -2.05. The lowest BCUT2D eigenvalue weighted by molar-refractivity contribution is 1.11. The van der Waals surface area contributed by atoms with Gasteiger partial charge in [0.1, 0.15) is 11.6 Å². The van der Waals surface area contributed by atoms with E-state index in [4.69, 9.17) is 0 Å². The van der Waals surface area contributed by atoms with Gasteiger partial charge in [0.25, 0.3) is 0 Å². The highest BCUT2D eigenvalue weighted by atomic mass is 15.0. The van der Waals surface area contributed by atoms with Gasteiger partial charge < -0.3 is 9.13 Å². The number of nitrogens with zero attached hydrogens (tertiary/aromatic N) is 4. The molecular formula is C42H24N4. The minimum atomic E-state index is 0.488. The molecule has 46 heavy (non-hydrogen) atoms. The standard InChI is InChI=1S/C42H24N4/c43-25-27-22-40(45-36-16-8-6-14-32(36)33-15-7-9-17-37(33)45)35(26-44)41(23-27)46-38-20-19-30(28-10-2-1-3-11-28)24-34(38)42-31-13-5-4-12-29(31)18-21-39(42)46/h1-24H. The zero-order valence-electron chi connectivity index (χ0n) is 24.6. The molecule has 0 radical (unpaired) electrons. The quantitative estimate of drug-likeness (QED) is 0.207. The van der Waals surface area contributed by atoms with E-state index in [1.807, 2.05) is 42.5 Å². The molecule has 0 aliphatic carbocycles. The van der Waals surface area contributed by atoms with E-state index >= 15 is 0 Å². The van der Waals surface area contributed by atoms with Crippen LogP contribution in [0.1, 0.15) is 11.1 Å². The fourth-order valence-corrected chi connectivity index (χ4v) is 7.19. The number of nitriles is 2. The van der Waals surface area contributed by atoms with Crippen LogP contribution in [0.4, 0.5) is 0 Å². The van der Waals surface area contributed by atoms with Gasteiger partial charge in [-0.05, 0) is 64.4 Å². The maximum atomic E-state index is 11.0. The van der Waals surface area contributed by atoms with Crippen molar-refractivity contribution in [1.29, 1.82) is 10.5 Å². The highest BCUT2D eigenvalue weighted by molar-refractivity contribution is 6.22. The molecule has 2 heterocycles. The first-order valence-electron chi connectivity index (χ1n) is 15.2. The Balaban J connectivity index is 1.44. The lowest BCUT2D eigenvalue weighted by Gasteiger charge is -2.16. The molecule has 0 bridgehead atoms. The van der Waals surface area contributed by atoms with E-state index in [0.29, 0.717) is 22.5 Å². The molecule has 0 aliphatic heterocycles. The molecule has 0 atom stereocenters. The maximum Gasteiger partial charge on any atom is 0.104 e. The van der Waals surface area contributed by atoms with E-state index in [1.165, 1.54) is 0 Å². The summed E-state index contributed by atoms with van der Waals surface area (Å²) in [5.74, 6) is 0. The minimum absolute atomic E-state index is 0.488. The summed E-state index contributed by atoms with van der Waals surface area (Å²) in [4.78, 5) is 0. The molecule has 9 rings (SSSR count). The largest absolute Gasteiger partial charge is 0.308 e. The molecule has 2 aromatic heterocycles. The molecule has 0 N–H and O–H groups in total. The second-order valence-electron chi connectivity index (χ2n) is 11.6. The molecule has 9 aromatic rings. The molecule has 0 amide bonds. The number of hydrogen-bond acceptors (Lipinski definition) is 2. The molecule has 0 spiro atoms. The SMILES string of the molecule is N#Cc1cc(-n2c3ccccc3c3ccccc32)c(C#N)c(-n2c3ccc(-c4ccccc4)cc3c3c4ccccc4ccc32)c1. The second kappa shape index (κ2) is 9.96. The van der Waals surface area contributed by atoms with E-state index in [1.54, 1.807) is 0 Å². The minimum Gasteiger partial charge on any atom is -0.308 e. The third-order valence-electron chi connectivity index (χ3n) is 9.16. The maximum absolute atomic E-state index is 11.0. The second-order valence-corrected chi connectivity index (χ2v) is 11.6. The predicted octanol–water partition coefficient (Wildman–Crippen LogP) is 10.4. The highest BCUT2D eigenvalue weighted by Crippen LogP contribution is 2.41. The van der Waals surface area contributed by atoms with Crippen molar-refractivity contribution >= 4 is 54.4 Å². The predicted molar refractivity (Wildman–Crippen MR) is 187 cm³/mol. The smallest absolute Gasteiger partial charge is 0.104 e. The molecule has 4 heteroatoms. The molecule has 0 saturated carbocycles. The van der Waals surface area contributed by atoms with Crippen LogP contribution < -0.4 is 0 Å². The summed E-state index contributed by atoms with van der Waals surface area (Å²) in [5.41, 5.74) is 8.56. The Bertz CT molecular complexity index is 2710. The average Bonchev–Trinajstić information content (AvgIpc) is 3.64. The van der Waals surface area contributed by atoms with Crippen LogP contribution in [0.2, 0.25) is 0 Å². The Hall–Kier alpha value is -6.62. The molecule has 0 saturated heterocycles. The zero-order chi connectivity index (χ0) is 30.8. The summed E-state index contributed by atoms with van der Waals surface area (Å²) in [6, 6.07) is 54.8. The van der Waals surface area contributed by atoms with Crippen LogP contribution in [-0.2, 0) is 0 Å². The summed E-state index contributed by atoms with van der Waals surface area (Å²) in [5, 5.41) is 28.0. The van der Waals surface area contributed by atoms with Gasteiger partial charge in [-0.15, -0.1) is 0 Å². The monoisotopic (exact) mass is 584 g/mol. The molecule has 212 valence electrons. The Morgan fingerprint density at radius 2 is 0.978 bits per heavy atom. The van der Waals surface area contributed by atoms with Crippen molar-refractivity contribution in [2.24, 2.45) is 0 Å². The molecule has 4 nitrogen and oxygen atoms in total. The Morgan fingerprint density at radius 1 is 0.413 bits per heavy atom. The highest BCUT2D eigenvalue weighted by Gasteiger charge is 2.23. The van der Waals surface area contributed by atoms with Crippen molar-refractivity contribution in [2.45, 2.75) is 0 Å². The van der Waals surface area contributed by atoms with Gasteiger partial charge in [0.15, 0.2) is 0 Å². The summed E-state index contributed by atoms with van der Waals surface area (Å²) >= 11 is 0. The normalized spacial score (nSPS) is 11.4. The topological polar surface area (TPSA) is 57.4 Å². The third-order valence-corrected chi connectivity index (χ3v) is 9.16. The first-order chi connectivity index (χ1) is 22.7. The molecular weight excluding hydrogens is 560 g/mol. The fraction of sp³-hybridized carbons (Fsp3) is 0. The Morgan fingerprint density at radius 3 is 1.65 bits per heavy atom. The van der Waals surface area contributed by atoms with Crippen molar-refractivity contribution in [3.05, 3.63) is 157 Å². The average molecular weight is 585 g/mol. The first kappa shape index (κ1) is 25.8. The molecule has 0 fully saturated rings. The van der Waals surface area contributed by atoms with Gasteiger partial charge in [-0.2, -0.15) is 10.5 Å². The zero-order valence-corrected chi connectivity index (χ0v) is 24.6. The van der Waals surface area contributed by atoms with Crippen LogP contribution in [0.25, 0.3) is 76.9 Å². The van der Waals surface area contributed by atoms with E-state index in [-0.39, 0.29) is 0 Å². The van der Waals surface area contributed by atoms with Crippen molar-refractivity contribution < 1.29 is 0 Å². The summed E-state index contributed by atoms with van der Waals surface area (Å²) in [6.07, 6.45) is 0. The van der Waals surface area contributed by atoms with Crippen molar-refractivity contribution in [1.82, 2.24) is 9.13 Å². The van der Waals surface area contributed by atoms with E-state index < -0.39 is 0 Å². The van der Waals surface area contributed by atoms with Crippen LogP contribution in [0.15, 0.2) is 146 Å². The number of rotatable bonds is 3. The molecule has 7 aromatic carbocycles. The summed E-state index contributed by atoms with van der Waals surface area (Å²) in [7, 11) is 0. The Kier molecular flexibility index (Phi) is 5.59. The third kappa shape index (κ3) is 3.65. The van der Waals surface area contributed by atoms with Gasteiger partial charge in [0.2, 0.25) is 0 Å². The van der Waals surface area contributed by atoms with Crippen LogP contribution in [0.5, 0.6) is 0 Å². The van der Waals surface area contributed by atoms with Gasteiger partial charge in [0.05, 0.1) is 45.1 Å². The van der Waals surface area contributed by atoms with E-state index in [9.17, 15) is 10.5 Å². The fourth-order valence-electron chi connectivity index (χ4n) is 7.19. The lowest BCUT2D eigenvalue weighted by atomic mass is 10.0.